The molecule has 0 saturated carbocycles. The van der Waals surface area contributed by atoms with Crippen molar-refractivity contribution in [2.24, 2.45) is 7.05 Å². The highest BCUT2D eigenvalue weighted by molar-refractivity contribution is 7.99. The first kappa shape index (κ1) is 12.3. The van der Waals surface area contributed by atoms with E-state index in [2.05, 4.69) is 21.6 Å². The van der Waals surface area contributed by atoms with E-state index >= 15 is 0 Å². The molecule has 1 aromatic carbocycles. The molecule has 0 radical (unpaired) electrons. The lowest BCUT2D eigenvalue weighted by Gasteiger charge is -2.04. The van der Waals surface area contributed by atoms with Crippen LogP contribution in [0.3, 0.4) is 0 Å². The number of thioether (sulfide) groups is 1. The fourth-order valence-electron chi connectivity index (χ4n) is 2.30. The van der Waals surface area contributed by atoms with E-state index in [0.717, 1.165) is 18.4 Å². The third kappa shape index (κ3) is 2.53. The van der Waals surface area contributed by atoms with Gasteiger partial charge < -0.3 is 0 Å². The van der Waals surface area contributed by atoms with Crippen molar-refractivity contribution in [3.8, 4) is 0 Å². The number of nitrogens with zero attached hydrogens (tertiary/aromatic N) is 4. The smallest absolute Gasteiger partial charge is 0.209 e. The van der Waals surface area contributed by atoms with Crippen molar-refractivity contribution in [2.45, 2.75) is 24.4 Å². The number of carbonyl (C=O) groups is 1. The number of ketones is 1. The number of Topliss-reactive ketones (excluding diaryl/α,β-unsaturated/α-hetero) is 1. The van der Waals surface area contributed by atoms with E-state index in [4.69, 9.17) is 0 Å². The molecule has 5 nitrogen and oxygen atoms in total. The molecule has 0 bridgehead atoms. The molecule has 19 heavy (non-hydrogen) atoms. The second-order valence-electron chi connectivity index (χ2n) is 4.63. The van der Waals surface area contributed by atoms with Crippen LogP contribution < -0.4 is 0 Å². The summed E-state index contributed by atoms with van der Waals surface area (Å²) in [5.41, 5.74) is 3.51. The molecule has 2 aromatic rings. The first-order valence-electron chi connectivity index (χ1n) is 6.24. The summed E-state index contributed by atoms with van der Waals surface area (Å²) in [4.78, 5) is 12.2. The maximum absolute atomic E-state index is 12.2. The Morgan fingerprint density at radius 2 is 2.21 bits per heavy atom. The molecule has 0 amide bonds. The third-order valence-electron chi connectivity index (χ3n) is 3.33. The van der Waals surface area contributed by atoms with Gasteiger partial charge in [-0.2, -0.15) is 0 Å². The van der Waals surface area contributed by atoms with Crippen molar-refractivity contribution in [3.05, 3.63) is 34.9 Å². The van der Waals surface area contributed by atoms with Gasteiger partial charge in [-0.3, -0.25) is 4.79 Å². The molecule has 0 atom stereocenters. The standard InChI is InChI=1S/C13H14N4OS/c1-17-13(14-15-16-17)19-8-12(18)11-6-5-9-3-2-4-10(9)7-11/h5-7H,2-4,8H2,1H3. The number of aryl methyl sites for hydroxylation is 3. The largest absolute Gasteiger partial charge is 0.293 e. The zero-order chi connectivity index (χ0) is 13.2. The Labute approximate surface area is 115 Å². The molecule has 0 N–H and O–H groups in total. The maximum atomic E-state index is 12.2. The summed E-state index contributed by atoms with van der Waals surface area (Å²) in [6, 6.07) is 6.06. The average Bonchev–Trinajstić information content (AvgIpc) is 3.03. The van der Waals surface area contributed by atoms with E-state index in [1.807, 2.05) is 12.1 Å². The normalized spacial score (nSPS) is 13.5. The minimum atomic E-state index is 0.128. The number of aromatic nitrogens is 4. The van der Waals surface area contributed by atoms with Crippen molar-refractivity contribution in [2.75, 3.05) is 5.75 Å². The topological polar surface area (TPSA) is 60.7 Å². The van der Waals surface area contributed by atoms with Gasteiger partial charge in [-0.05, 0) is 46.9 Å². The maximum Gasteiger partial charge on any atom is 0.209 e. The minimum Gasteiger partial charge on any atom is -0.293 e. The van der Waals surface area contributed by atoms with Crippen LogP contribution in [-0.4, -0.2) is 31.7 Å². The van der Waals surface area contributed by atoms with E-state index in [0.29, 0.717) is 10.9 Å². The average molecular weight is 274 g/mol. The van der Waals surface area contributed by atoms with Gasteiger partial charge in [0, 0.05) is 12.6 Å². The van der Waals surface area contributed by atoms with E-state index < -0.39 is 0 Å². The zero-order valence-electron chi connectivity index (χ0n) is 10.7. The second-order valence-corrected chi connectivity index (χ2v) is 5.58. The minimum absolute atomic E-state index is 0.128. The summed E-state index contributed by atoms with van der Waals surface area (Å²) in [6.07, 6.45) is 3.44. The number of tetrazole rings is 1. The van der Waals surface area contributed by atoms with Gasteiger partial charge in [0.1, 0.15) is 0 Å². The van der Waals surface area contributed by atoms with Crippen molar-refractivity contribution in [1.82, 2.24) is 20.2 Å². The quantitative estimate of drug-likeness (QED) is 0.627. The first-order chi connectivity index (χ1) is 9.24. The summed E-state index contributed by atoms with van der Waals surface area (Å²) in [5.74, 6) is 0.496. The Morgan fingerprint density at radius 1 is 1.37 bits per heavy atom. The molecule has 0 fully saturated rings. The van der Waals surface area contributed by atoms with Crippen LogP contribution in [0.1, 0.15) is 27.9 Å². The van der Waals surface area contributed by atoms with Gasteiger partial charge in [0.15, 0.2) is 5.78 Å². The predicted octanol–water partition coefficient (Wildman–Crippen LogP) is 1.67. The lowest BCUT2D eigenvalue weighted by atomic mass is 10.0. The van der Waals surface area contributed by atoms with Crippen molar-refractivity contribution in [3.63, 3.8) is 0 Å². The summed E-state index contributed by atoms with van der Waals surface area (Å²) in [6.45, 7) is 0. The van der Waals surface area contributed by atoms with Gasteiger partial charge in [0.2, 0.25) is 5.16 Å². The Bertz CT molecular complexity index is 623. The highest BCUT2D eigenvalue weighted by atomic mass is 32.2. The number of carbonyl (C=O) groups excluding carboxylic acids is 1. The molecule has 1 aliphatic carbocycles. The van der Waals surface area contributed by atoms with Crippen LogP contribution in [0.25, 0.3) is 0 Å². The van der Waals surface area contributed by atoms with Crippen molar-refractivity contribution in [1.29, 1.82) is 0 Å². The van der Waals surface area contributed by atoms with Crippen LogP contribution >= 0.6 is 11.8 Å². The van der Waals surface area contributed by atoms with Crippen LogP contribution in [0.5, 0.6) is 0 Å². The lowest BCUT2D eigenvalue weighted by Crippen LogP contribution is -2.04. The monoisotopic (exact) mass is 274 g/mol. The molecular weight excluding hydrogens is 260 g/mol. The number of hydrogen-bond donors (Lipinski definition) is 0. The molecule has 1 aliphatic rings. The van der Waals surface area contributed by atoms with E-state index in [-0.39, 0.29) is 5.78 Å². The highest BCUT2D eigenvalue weighted by Crippen LogP contribution is 2.24. The highest BCUT2D eigenvalue weighted by Gasteiger charge is 2.15. The van der Waals surface area contributed by atoms with Gasteiger partial charge in [0.25, 0.3) is 0 Å². The molecule has 0 aliphatic heterocycles. The predicted molar refractivity (Wildman–Crippen MR) is 72.3 cm³/mol. The Kier molecular flexibility index (Phi) is 3.33. The molecule has 1 aromatic heterocycles. The molecule has 6 heteroatoms. The second kappa shape index (κ2) is 5.13. The summed E-state index contributed by atoms with van der Waals surface area (Å²) >= 11 is 1.37. The molecular formula is C13H14N4OS. The van der Waals surface area contributed by atoms with Gasteiger partial charge in [-0.25, -0.2) is 4.68 Å². The van der Waals surface area contributed by atoms with E-state index in [1.54, 1.807) is 11.7 Å². The molecule has 0 saturated heterocycles. The van der Waals surface area contributed by atoms with Crippen molar-refractivity contribution >= 4 is 17.5 Å². The fourth-order valence-corrected chi connectivity index (χ4v) is 3.05. The van der Waals surface area contributed by atoms with Gasteiger partial charge in [0.05, 0.1) is 5.75 Å². The van der Waals surface area contributed by atoms with Crippen molar-refractivity contribution < 1.29 is 4.79 Å². The lowest BCUT2D eigenvalue weighted by molar-refractivity contribution is 0.102. The van der Waals surface area contributed by atoms with Crippen LogP contribution in [0.4, 0.5) is 0 Å². The number of fused-ring (bicyclic) bond motifs is 1. The van der Waals surface area contributed by atoms with E-state index in [1.165, 1.54) is 29.3 Å². The van der Waals surface area contributed by atoms with Crippen LogP contribution in [0.2, 0.25) is 0 Å². The Balaban J connectivity index is 1.69. The number of rotatable bonds is 4. The van der Waals surface area contributed by atoms with Crippen LogP contribution in [0.15, 0.2) is 23.4 Å². The zero-order valence-corrected chi connectivity index (χ0v) is 11.5. The summed E-state index contributed by atoms with van der Waals surface area (Å²) in [7, 11) is 1.77. The SMILES string of the molecule is Cn1nnnc1SCC(=O)c1ccc2c(c1)CCC2. The Morgan fingerprint density at radius 3 is 3.00 bits per heavy atom. The molecule has 1 heterocycles. The summed E-state index contributed by atoms with van der Waals surface area (Å²) < 4.78 is 1.57. The molecule has 0 unspecified atom stereocenters. The summed E-state index contributed by atoms with van der Waals surface area (Å²) in [5, 5.41) is 11.8. The van der Waals surface area contributed by atoms with Gasteiger partial charge >= 0.3 is 0 Å². The van der Waals surface area contributed by atoms with Crippen LogP contribution in [0, 0.1) is 0 Å². The Hall–Kier alpha value is -1.69. The molecule has 0 spiro atoms. The number of benzene rings is 1. The number of hydrogen-bond acceptors (Lipinski definition) is 5. The van der Waals surface area contributed by atoms with Crippen LogP contribution in [-0.2, 0) is 19.9 Å². The van der Waals surface area contributed by atoms with E-state index in [9.17, 15) is 4.79 Å². The van der Waals surface area contributed by atoms with Gasteiger partial charge in [-0.15, -0.1) is 5.10 Å². The fraction of sp³-hybridized carbons (Fsp3) is 0.385. The van der Waals surface area contributed by atoms with Gasteiger partial charge in [-0.1, -0.05) is 23.9 Å². The molecule has 98 valence electrons. The molecule has 3 rings (SSSR count). The first-order valence-corrected chi connectivity index (χ1v) is 7.23. The third-order valence-corrected chi connectivity index (χ3v) is 4.34.